The molecule has 4 heterocycles. The van der Waals surface area contributed by atoms with E-state index in [0.717, 1.165) is 68.2 Å². The van der Waals surface area contributed by atoms with Gasteiger partial charge in [0.25, 0.3) is 0 Å². The van der Waals surface area contributed by atoms with E-state index < -0.39 is 10.0 Å². The minimum absolute atomic E-state index is 0.195. The topological polar surface area (TPSA) is 91.8 Å². The summed E-state index contributed by atoms with van der Waals surface area (Å²) in [6.45, 7) is 16.8. The number of methoxy groups -OCH3 is 1. The predicted octanol–water partition coefficient (Wildman–Crippen LogP) is 6.97. The van der Waals surface area contributed by atoms with E-state index in [1.165, 1.54) is 31.4 Å². The van der Waals surface area contributed by atoms with Crippen LogP contribution < -0.4 is 14.5 Å². The van der Waals surface area contributed by atoms with Crippen LogP contribution >= 0.6 is 0 Å². The number of sulfonamides is 1. The minimum atomic E-state index is -3.41. The van der Waals surface area contributed by atoms with E-state index in [1.54, 1.807) is 23.5 Å². The molecule has 252 valence electrons. The summed E-state index contributed by atoms with van der Waals surface area (Å²) >= 11 is 0. The van der Waals surface area contributed by atoms with Crippen molar-refractivity contribution in [3.63, 3.8) is 0 Å². The summed E-state index contributed by atoms with van der Waals surface area (Å²) in [7, 11) is -1.82. The molecule has 0 N–H and O–H groups in total. The van der Waals surface area contributed by atoms with Gasteiger partial charge in [0.1, 0.15) is 17.4 Å². The first-order chi connectivity index (χ1) is 22.2. The lowest BCUT2D eigenvalue weighted by molar-refractivity contribution is 0.166. The maximum absolute atomic E-state index is 12.9. The van der Waals surface area contributed by atoms with Crippen molar-refractivity contribution >= 4 is 21.5 Å². The highest BCUT2D eigenvalue weighted by Gasteiger charge is 2.39. The predicted molar refractivity (Wildman–Crippen MR) is 187 cm³/mol. The summed E-state index contributed by atoms with van der Waals surface area (Å²) < 4.78 is 32.7. The number of anilines is 2. The molecule has 3 aliphatic rings. The molecule has 0 unspecified atom stereocenters. The van der Waals surface area contributed by atoms with Crippen LogP contribution in [0.5, 0.6) is 5.75 Å². The van der Waals surface area contributed by atoms with Crippen LogP contribution in [0, 0.1) is 26.2 Å². The third-order valence-corrected chi connectivity index (χ3v) is 11.7. The molecule has 9 nitrogen and oxygen atoms in total. The molecule has 0 atom stereocenters. The maximum atomic E-state index is 12.9. The number of ether oxygens (including phenoxy) is 1. The first-order valence-corrected chi connectivity index (χ1v) is 18.5. The van der Waals surface area contributed by atoms with E-state index in [9.17, 15) is 8.42 Å². The van der Waals surface area contributed by atoms with E-state index in [4.69, 9.17) is 4.74 Å². The van der Waals surface area contributed by atoms with Gasteiger partial charge < -0.3 is 14.5 Å². The standard InChI is InChI=1S/C19H25N5.C15H23NO3S.C2H6/c1-16-21-11-4-18(22-16)24-14-7-19(8-15-24)5-12-23(13-6-19)17-2-9-20-10-3-17;1-5-8-16(13-6-7-13)20(17,18)15-11(2)9-14(19-4)10-12(15)3;1-2/h2-4,9-11H,5-8,12-15H2,1H3;9-10,13H,5-8H2,1-4H3;1-2H3. The van der Waals surface area contributed by atoms with E-state index in [-0.39, 0.29) is 6.04 Å². The number of hydrogen-bond acceptors (Lipinski definition) is 8. The maximum Gasteiger partial charge on any atom is 0.243 e. The van der Waals surface area contributed by atoms with E-state index in [0.29, 0.717) is 22.6 Å². The van der Waals surface area contributed by atoms with Crippen molar-refractivity contribution < 1.29 is 13.2 Å². The summed E-state index contributed by atoms with van der Waals surface area (Å²) in [6.07, 6.45) is 13.6. The van der Waals surface area contributed by atoms with Gasteiger partial charge in [0.05, 0.1) is 12.0 Å². The number of rotatable bonds is 8. The van der Waals surface area contributed by atoms with Gasteiger partial charge in [-0.1, -0.05) is 20.8 Å². The Morgan fingerprint density at radius 3 is 1.96 bits per heavy atom. The average molecular weight is 651 g/mol. The Morgan fingerprint density at radius 2 is 1.46 bits per heavy atom. The molecular weight excluding hydrogens is 597 g/mol. The van der Waals surface area contributed by atoms with Crippen LogP contribution in [0.25, 0.3) is 0 Å². The van der Waals surface area contributed by atoms with Crippen molar-refractivity contribution in [2.75, 3.05) is 49.6 Å². The van der Waals surface area contributed by atoms with E-state index >= 15 is 0 Å². The van der Waals surface area contributed by atoms with Crippen molar-refractivity contribution in [2.24, 2.45) is 5.41 Å². The summed E-state index contributed by atoms with van der Waals surface area (Å²) in [4.78, 5) is 18.3. The van der Waals surface area contributed by atoms with Gasteiger partial charge in [-0.15, -0.1) is 0 Å². The molecule has 1 aromatic carbocycles. The molecule has 10 heteroatoms. The Morgan fingerprint density at radius 1 is 0.891 bits per heavy atom. The van der Waals surface area contributed by atoms with Crippen LogP contribution in [-0.2, 0) is 10.0 Å². The molecule has 1 aliphatic carbocycles. The zero-order valence-electron chi connectivity index (χ0n) is 29.0. The van der Waals surface area contributed by atoms with Gasteiger partial charge in [-0.3, -0.25) is 4.98 Å². The van der Waals surface area contributed by atoms with Crippen LogP contribution in [0.4, 0.5) is 11.5 Å². The molecule has 0 amide bonds. The zero-order valence-corrected chi connectivity index (χ0v) is 29.8. The second-order valence-corrected chi connectivity index (χ2v) is 14.4. The Bertz CT molecular complexity index is 1470. The van der Waals surface area contributed by atoms with Gasteiger partial charge in [0.2, 0.25) is 10.0 Å². The van der Waals surface area contributed by atoms with Crippen molar-refractivity contribution in [2.45, 2.75) is 97.4 Å². The van der Waals surface area contributed by atoms with Crippen molar-refractivity contribution in [3.05, 3.63) is 65.9 Å². The molecule has 1 saturated carbocycles. The SMILES string of the molecule is CC.CCCN(C1CC1)S(=O)(=O)c1c(C)cc(OC)cc1C.Cc1nccc(N2CCC3(CCN(c4ccncc4)CC3)CC2)n1. The van der Waals surface area contributed by atoms with Gasteiger partial charge >= 0.3 is 0 Å². The quantitative estimate of drug-likeness (QED) is 0.258. The molecule has 46 heavy (non-hydrogen) atoms. The highest BCUT2D eigenvalue weighted by molar-refractivity contribution is 7.89. The summed E-state index contributed by atoms with van der Waals surface area (Å²) in [5, 5.41) is 0. The Hall–Kier alpha value is -3.24. The van der Waals surface area contributed by atoms with E-state index in [1.807, 2.05) is 66.2 Å². The van der Waals surface area contributed by atoms with E-state index in [2.05, 4.69) is 36.9 Å². The lowest BCUT2D eigenvalue weighted by atomic mass is 9.71. The molecule has 2 aromatic heterocycles. The third kappa shape index (κ3) is 8.56. The lowest BCUT2D eigenvalue weighted by Crippen LogP contribution is -2.47. The van der Waals surface area contributed by atoms with Crippen LogP contribution in [0.3, 0.4) is 0 Å². The van der Waals surface area contributed by atoms with Crippen LogP contribution in [0.1, 0.15) is 82.7 Å². The molecular formula is C36H54N6O3S. The van der Waals surface area contributed by atoms with Crippen LogP contribution in [-0.4, -0.2) is 73.6 Å². The molecule has 0 radical (unpaired) electrons. The Labute approximate surface area is 277 Å². The minimum Gasteiger partial charge on any atom is -0.497 e. The number of aromatic nitrogens is 3. The van der Waals surface area contributed by atoms with Gasteiger partial charge in [-0.05, 0) is 113 Å². The molecule has 6 rings (SSSR count). The number of hydrogen-bond donors (Lipinski definition) is 0. The monoisotopic (exact) mass is 650 g/mol. The number of nitrogens with zero attached hydrogens (tertiary/aromatic N) is 6. The van der Waals surface area contributed by atoms with Gasteiger partial charge in [0, 0.05) is 63.0 Å². The van der Waals surface area contributed by atoms with Crippen LogP contribution in [0.2, 0.25) is 0 Å². The second kappa shape index (κ2) is 16.0. The lowest BCUT2D eigenvalue weighted by Gasteiger charge is -2.47. The van der Waals surface area contributed by atoms with Gasteiger partial charge in [-0.2, -0.15) is 4.31 Å². The molecule has 2 saturated heterocycles. The fraction of sp³-hybridized carbons (Fsp3) is 0.583. The molecule has 2 aliphatic heterocycles. The Balaban J connectivity index is 0.000000202. The number of benzene rings is 1. The van der Waals surface area contributed by atoms with Crippen molar-refractivity contribution in [3.8, 4) is 5.75 Å². The summed E-state index contributed by atoms with van der Waals surface area (Å²) in [5.41, 5.74) is 3.35. The highest BCUT2D eigenvalue weighted by atomic mass is 32.2. The second-order valence-electron chi connectivity index (χ2n) is 12.6. The molecule has 0 bridgehead atoms. The number of piperidine rings is 2. The fourth-order valence-electron chi connectivity index (χ4n) is 6.76. The van der Waals surface area contributed by atoms with Gasteiger partial charge in [0.15, 0.2) is 0 Å². The number of pyridine rings is 1. The van der Waals surface area contributed by atoms with Gasteiger partial charge in [-0.25, -0.2) is 18.4 Å². The molecule has 3 fully saturated rings. The molecule has 1 spiro atoms. The molecule has 3 aromatic rings. The normalized spacial score (nSPS) is 17.6. The van der Waals surface area contributed by atoms with Crippen molar-refractivity contribution in [1.29, 1.82) is 0 Å². The number of aryl methyl sites for hydroxylation is 3. The largest absolute Gasteiger partial charge is 0.497 e. The summed E-state index contributed by atoms with van der Waals surface area (Å²) in [6, 6.07) is 10.1. The first-order valence-electron chi connectivity index (χ1n) is 17.0. The Kier molecular flexibility index (Phi) is 12.4. The zero-order chi connectivity index (χ0) is 33.3. The van der Waals surface area contributed by atoms with Crippen molar-refractivity contribution in [1.82, 2.24) is 19.3 Å². The fourth-order valence-corrected chi connectivity index (χ4v) is 8.95. The average Bonchev–Trinajstić information content (AvgIpc) is 3.91. The summed E-state index contributed by atoms with van der Waals surface area (Å²) in [5.74, 6) is 2.65. The van der Waals surface area contributed by atoms with Crippen LogP contribution in [0.15, 0.2) is 53.8 Å². The third-order valence-electron chi connectivity index (χ3n) is 9.40. The smallest absolute Gasteiger partial charge is 0.243 e. The highest BCUT2D eigenvalue weighted by Crippen LogP contribution is 2.42. The first kappa shape index (κ1) is 35.6.